The number of carboxylic acid groups (broad SMARTS) is 1. The van der Waals surface area contributed by atoms with Gasteiger partial charge in [0.25, 0.3) is 0 Å². The number of anilines is 4. The van der Waals surface area contributed by atoms with Crippen LogP contribution in [0.4, 0.5) is 26.3 Å². The fraction of sp³-hybridized carbons (Fsp3) is 0.192. The van der Waals surface area contributed by atoms with Gasteiger partial charge in [0, 0.05) is 11.9 Å². The maximum Gasteiger partial charge on any atom is 0.355 e. The number of aryl methyl sites for hydroxylation is 2. The molecule has 0 fully saturated rings. The van der Waals surface area contributed by atoms with Crippen LogP contribution in [0.15, 0.2) is 54.6 Å². The van der Waals surface area contributed by atoms with Gasteiger partial charge in [-0.25, -0.2) is 19.2 Å². The van der Waals surface area contributed by atoms with Crippen molar-refractivity contribution in [3.05, 3.63) is 76.5 Å². The molecule has 2 aromatic carbocycles. The fourth-order valence-corrected chi connectivity index (χ4v) is 5.61. The second-order valence-electron chi connectivity index (χ2n) is 8.36. The first-order valence-electron chi connectivity index (χ1n) is 11.7. The van der Waals surface area contributed by atoms with Gasteiger partial charge in [-0.2, -0.15) is 0 Å². The van der Waals surface area contributed by atoms with E-state index in [1.807, 2.05) is 37.3 Å². The summed E-state index contributed by atoms with van der Waals surface area (Å²) in [7, 11) is 1.76. The van der Waals surface area contributed by atoms with Crippen molar-refractivity contribution in [3.8, 4) is 5.75 Å². The molecule has 2 N–H and O–H groups in total. The monoisotopic (exact) mass is 550 g/mol. The van der Waals surface area contributed by atoms with Crippen LogP contribution in [-0.2, 0) is 6.42 Å². The van der Waals surface area contributed by atoms with Gasteiger partial charge in [-0.3, -0.25) is 0 Å². The molecule has 0 radical (unpaired) electrons. The molecule has 0 aliphatic carbocycles. The molecule has 0 unspecified atom stereocenters. The lowest BCUT2D eigenvalue weighted by Crippen LogP contribution is -2.13. The number of fused-ring (bicyclic) bond motifs is 1. The Bertz CT molecular complexity index is 1570. The molecule has 5 rings (SSSR count). The van der Waals surface area contributed by atoms with Crippen LogP contribution in [0.25, 0.3) is 10.2 Å². The van der Waals surface area contributed by atoms with Gasteiger partial charge in [-0.15, -0.1) is 21.5 Å². The van der Waals surface area contributed by atoms with Crippen LogP contribution in [0.3, 0.4) is 0 Å². The summed E-state index contributed by atoms with van der Waals surface area (Å²) in [6.45, 7) is 2.16. The van der Waals surface area contributed by atoms with Gasteiger partial charge in [0.15, 0.2) is 39.2 Å². The number of hydrogen-bond acceptors (Lipinski definition) is 10. The minimum Gasteiger partial charge on any atom is -0.491 e. The normalized spacial score (nSPS) is 11.0. The molecule has 0 atom stereocenters. The summed E-state index contributed by atoms with van der Waals surface area (Å²) in [4.78, 5) is 23.1. The Morgan fingerprint density at radius 1 is 1.11 bits per heavy atom. The molecule has 3 aromatic heterocycles. The minimum atomic E-state index is -1.11. The summed E-state index contributed by atoms with van der Waals surface area (Å²) >= 11 is 2.80. The number of halogens is 1. The number of rotatable bonds is 10. The number of benzene rings is 2. The summed E-state index contributed by atoms with van der Waals surface area (Å²) in [6.07, 6.45) is 0.933. The van der Waals surface area contributed by atoms with Crippen LogP contribution in [0.2, 0.25) is 0 Å². The SMILES string of the molecule is Cc1cc(N(C)c2nc(C(=O)O)c(CCCOc3ccccc3F)s2)nnc1Nc1nc2ccccc2s1. The van der Waals surface area contributed by atoms with Crippen molar-refractivity contribution < 1.29 is 19.0 Å². The standard InChI is InChI=1S/C26H23FN6O3S2/c1-15-14-21(31-32-23(15)30-25-28-17-9-4-6-11-19(17)37-25)33(2)26-29-22(24(34)35)20(38-26)12-7-13-36-18-10-5-3-8-16(18)27/h3-6,8-11,14H,7,12-13H2,1-2H3,(H,34,35)(H,28,30,32). The second kappa shape index (κ2) is 11.1. The summed E-state index contributed by atoms with van der Waals surface area (Å²) in [6, 6.07) is 15.9. The van der Waals surface area contributed by atoms with Crippen molar-refractivity contribution in [2.24, 2.45) is 0 Å². The van der Waals surface area contributed by atoms with Crippen molar-refractivity contribution >= 4 is 60.8 Å². The lowest BCUT2D eigenvalue weighted by molar-refractivity contribution is 0.0690. The molecule has 0 saturated carbocycles. The van der Waals surface area contributed by atoms with E-state index in [2.05, 4.69) is 25.5 Å². The largest absolute Gasteiger partial charge is 0.491 e. The van der Waals surface area contributed by atoms with Crippen LogP contribution in [0, 0.1) is 12.7 Å². The molecule has 0 spiro atoms. The molecule has 0 amide bonds. The zero-order valence-electron chi connectivity index (χ0n) is 20.5. The second-order valence-corrected chi connectivity index (χ2v) is 10.5. The van der Waals surface area contributed by atoms with Crippen molar-refractivity contribution in [2.45, 2.75) is 19.8 Å². The number of nitrogens with one attached hydrogen (secondary N) is 1. The number of ether oxygens (including phenoxy) is 1. The average molecular weight is 551 g/mol. The third kappa shape index (κ3) is 5.55. The van der Waals surface area contributed by atoms with E-state index in [1.165, 1.54) is 28.7 Å². The molecule has 5 aromatic rings. The van der Waals surface area contributed by atoms with Crippen molar-refractivity contribution in [2.75, 3.05) is 23.9 Å². The van der Waals surface area contributed by atoms with Crippen molar-refractivity contribution in [1.82, 2.24) is 20.2 Å². The zero-order chi connectivity index (χ0) is 26.6. The predicted octanol–water partition coefficient (Wildman–Crippen LogP) is 6.21. The highest BCUT2D eigenvalue weighted by Gasteiger charge is 2.21. The number of nitrogens with zero attached hydrogens (tertiary/aromatic N) is 5. The van der Waals surface area contributed by atoms with Gasteiger partial charge in [-0.05, 0) is 55.7 Å². The third-order valence-electron chi connectivity index (χ3n) is 5.65. The molecule has 38 heavy (non-hydrogen) atoms. The van der Waals surface area contributed by atoms with E-state index in [1.54, 1.807) is 30.1 Å². The van der Waals surface area contributed by atoms with E-state index in [0.29, 0.717) is 34.5 Å². The zero-order valence-corrected chi connectivity index (χ0v) is 22.1. The van der Waals surface area contributed by atoms with Gasteiger partial charge in [0.05, 0.1) is 16.8 Å². The number of carboxylic acids is 1. The van der Waals surface area contributed by atoms with Gasteiger partial charge in [0.2, 0.25) is 0 Å². The first-order valence-corrected chi connectivity index (χ1v) is 13.3. The Balaban J connectivity index is 1.27. The molecular weight excluding hydrogens is 527 g/mol. The molecule has 0 aliphatic rings. The summed E-state index contributed by atoms with van der Waals surface area (Å²) in [5.74, 6) is -0.257. The van der Waals surface area contributed by atoms with E-state index < -0.39 is 11.8 Å². The van der Waals surface area contributed by atoms with Gasteiger partial charge in [0.1, 0.15) is 0 Å². The predicted molar refractivity (Wildman–Crippen MR) is 147 cm³/mol. The third-order valence-corrected chi connectivity index (χ3v) is 7.80. The molecule has 0 saturated heterocycles. The smallest absolute Gasteiger partial charge is 0.355 e. The molecular formula is C26H23FN6O3S2. The van der Waals surface area contributed by atoms with Crippen molar-refractivity contribution in [1.29, 1.82) is 0 Å². The quantitative estimate of drug-likeness (QED) is 0.196. The lowest BCUT2D eigenvalue weighted by atomic mass is 10.2. The highest BCUT2D eigenvalue weighted by atomic mass is 32.1. The van der Waals surface area contributed by atoms with Crippen LogP contribution in [-0.4, -0.2) is 44.9 Å². The number of aromatic nitrogens is 4. The van der Waals surface area contributed by atoms with Crippen LogP contribution in [0.5, 0.6) is 5.75 Å². The molecule has 3 heterocycles. The molecule has 0 bridgehead atoms. The Labute approximate surface area is 225 Å². The number of aromatic carboxylic acids is 1. The average Bonchev–Trinajstić information content (AvgIpc) is 3.52. The fourth-order valence-electron chi connectivity index (χ4n) is 3.68. The Morgan fingerprint density at radius 2 is 1.89 bits per heavy atom. The highest BCUT2D eigenvalue weighted by molar-refractivity contribution is 7.22. The van der Waals surface area contributed by atoms with Crippen LogP contribution in [0.1, 0.15) is 27.3 Å². The van der Waals surface area contributed by atoms with Crippen molar-refractivity contribution in [3.63, 3.8) is 0 Å². The maximum absolute atomic E-state index is 13.7. The molecule has 9 nitrogen and oxygen atoms in total. The Hall–Kier alpha value is -4.16. The van der Waals surface area contributed by atoms with E-state index in [4.69, 9.17) is 4.74 Å². The molecule has 0 aliphatic heterocycles. The lowest BCUT2D eigenvalue weighted by Gasteiger charge is -2.15. The highest BCUT2D eigenvalue weighted by Crippen LogP contribution is 2.33. The number of thiazole rings is 2. The van der Waals surface area contributed by atoms with E-state index in [-0.39, 0.29) is 18.1 Å². The van der Waals surface area contributed by atoms with E-state index in [9.17, 15) is 14.3 Å². The summed E-state index contributed by atoms with van der Waals surface area (Å²) in [5, 5.41) is 22.8. The van der Waals surface area contributed by atoms with E-state index >= 15 is 0 Å². The molecule has 12 heteroatoms. The van der Waals surface area contributed by atoms with Crippen LogP contribution >= 0.6 is 22.7 Å². The number of hydrogen-bond donors (Lipinski definition) is 2. The topological polar surface area (TPSA) is 113 Å². The first-order chi connectivity index (χ1) is 18.4. The molecule has 194 valence electrons. The Kier molecular flexibility index (Phi) is 7.43. The van der Waals surface area contributed by atoms with Gasteiger partial charge in [-0.1, -0.05) is 35.6 Å². The summed E-state index contributed by atoms with van der Waals surface area (Å²) in [5.41, 5.74) is 1.75. The van der Waals surface area contributed by atoms with Gasteiger partial charge >= 0.3 is 5.97 Å². The van der Waals surface area contributed by atoms with Crippen LogP contribution < -0.4 is 15.0 Å². The summed E-state index contributed by atoms with van der Waals surface area (Å²) < 4.78 is 20.3. The number of para-hydroxylation sites is 2. The Morgan fingerprint density at radius 3 is 2.66 bits per heavy atom. The van der Waals surface area contributed by atoms with E-state index in [0.717, 1.165) is 20.9 Å². The van der Waals surface area contributed by atoms with Gasteiger partial charge < -0.3 is 20.1 Å². The number of carbonyl (C=O) groups is 1. The first kappa shape index (κ1) is 25.5. The maximum atomic E-state index is 13.7. The minimum absolute atomic E-state index is 0.0125.